The molecule has 0 fully saturated rings. The first-order chi connectivity index (χ1) is 9.39. The number of methoxy groups -OCH3 is 1. The molecule has 20 heavy (non-hydrogen) atoms. The van der Waals surface area contributed by atoms with Crippen LogP contribution in [0.15, 0.2) is 18.2 Å². The zero-order chi connectivity index (χ0) is 15.2. The van der Waals surface area contributed by atoms with E-state index in [0.717, 1.165) is 31.4 Å². The van der Waals surface area contributed by atoms with E-state index in [1.165, 1.54) is 5.56 Å². The average molecular weight is 281 g/mol. The lowest BCUT2D eigenvalue weighted by molar-refractivity contribution is 0.0116. The van der Waals surface area contributed by atoms with Crippen LogP contribution in [0.5, 0.6) is 0 Å². The molecule has 1 atom stereocenters. The van der Waals surface area contributed by atoms with E-state index in [4.69, 9.17) is 4.74 Å². The van der Waals surface area contributed by atoms with E-state index in [1.54, 1.807) is 19.2 Å². The zero-order valence-electron chi connectivity index (χ0n) is 13.4. The first-order valence-corrected chi connectivity index (χ1v) is 7.44. The second-order valence-corrected chi connectivity index (χ2v) is 6.01. The standard InChI is InChI=1S/C17H28FNO/c1-6-11-19-16(9-10-17(3,4)20-5)15-8-7-14(18)12-13(15)2/h7-8,12,16,19H,6,9-11H2,1-5H3. The van der Waals surface area contributed by atoms with Crippen LogP contribution in [-0.4, -0.2) is 19.3 Å². The van der Waals surface area contributed by atoms with Gasteiger partial charge in [0.15, 0.2) is 0 Å². The van der Waals surface area contributed by atoms with E-state index in [-0.39, 0.29) is 17.5 Å². The zero-order valence-corrected chi connectivity index (χ0v) is 13.4. The molecule has 1 N–H and O–H groups in total. The molecule has 1 aromatic rings. The maximum Gasteiger partial charge on any atom is 0.123 e. The van der Waals surface area contributed by atoms with Crippen molar-refractivity contribution in [3.63, 3.8) is 0 Å². The third-order valence-electron chi connectivity index (χ3n) is 3.84. The molecule has 0 heterocycles. The van der Waals surface area contributed by atoms with Crippen LogP contribution in [0.1, 0.15) is 57.2 Å². The lowest BCUT2D eigenvalue weighted by Crippen LogP contribution is -2.28. The number of aryl methyl sites for hydroxylation is 1. The fourth-order valence-corrected chi connectivity index (χ4v) is 2.31. The third-order valence-corrected chi connectivity index (χ3v) is 3.84. The average Bonchev–Trinajstić information content (AvgIpc) is 2.40. The minimum absolute atomic E-state index is 0.125. The van der Waals surface area contributed by atoms with Gasteiger partial charge in [0.25, 0.3) is 0 Å². The molecular formula is C17H28FNO. The van der Waals surface area contributed by atoms with Gasteiger partial charge in [-0.2, -0.15) is 0 Å². The van der Waals surface area contributed by atoms with Crippen molar-refractivity contribution in [3.05, 3.63) is 35.1 Å². The van der Waals surface area contributed by atoms with Crippen LogP contribution in [-0.2, 0) is 4.74 Å². The van der Waals surface area contributed by atoms with Gasteiger partial charge in [0.05, 0.1) is 5.60 Å². The highest BCUT2D eigenvalue weighted by Gasteiger charge is 2.21. The third kappa shape index (κ3) is 5.22. The van der Waals surface area contributed by atoms with Gasteiger partial charge in [-0.15, -0.1) is 0 Å². The lowest BCUT2D eigenvalue weighted by Gasteiger charge is -2.27. The minimum atomic E-state index is -0.169. The Bertz CT molecular complexity index is 417. The van der Waals surface area contributed by atoms with Gasteiger partial charge >= 0.3 is 0 Å². The van der Waals surface area contributed by atoms with Crippen molar-refractivity contribution >= 4 is 0 Å². The Morgan fingerprint density at radius 2 is 2.05 bits per heavy atom. The van der Waals surface area contributed by atoms with Crippen molar-refractivity contribution in [2.24, 2.45) is 0 Å². The Morgan fingerprint density at radius 3 is 2.60 bits per heavy atom. The van der Waals surface area contributed by atoms with Crippen molar-refractivity contribution < 1.29 is 9.13 Å². The van der Waals surface area contributed by atoms with Gasteiger partial charge in [-0.05, 0) is 69.8 Å². The first kappa shape index (κ1) is 17.1. The summed E-state index contributed by atoms with van der Waals surface area (Å²) >= 11 is 0. The van der Waals surface area contributed by atoms with Crippen LogP contribution in [0.25, 0.3) is 0 Å². The monoisotopic (exact) mass is 281 g/mol. The molecular weight excluding hydrogens is 253 g/mol. The lowest BCUT2D eigenvalue weighted by atomic mass is 9.92. The van der Waals surface area contributed by atoms with E-state index < -0.39 is 0 Å². The van der Waals surface area contributed by atoms with Gasteiger partial charge in [0, 0.05) is 13.2 Å². The van der Waals surface area contributed by atoms with Crippen molar-refractivity contribution in [1.82, 2.24) is 5.32 Å². The van der Waals surface area contributed by atoms with Crippen LogP contribution in [0, 0.1) is 12.7 Å². The summed E-state index contributed by atoms with van der Waals surface area (Å²) in [6.45, 7) is 9.29. The molecule has 0 aliphatic carbocycles. The number of nitrogens with one attached hydrogen (secondary N) is 1. The summed E-state index contributed by atoms with van der Waals surface area (Å²) < 4.78 is 18.7. The van der Waals surface area contributed by atoms with Gasteiger partial charge in [0.2, 0.25) is 0 Å². The number of hydrogen-bond donors (Lipinski definition) is 1. The molecule has 0 aliphatic rings. The normalized spacial score (nSPS) is 13.5. The molecule has 0 saturated heterocycles. The van der Waals surface area contributed by atoms with Gasteiger partial charge < -0.3 is 10.1 Å². The highest BCUT2D eigenvalue weighted by Crippen LogP contribution is 2.27. The minimum Gasteiger partial charge on any atom is -0.379 e. The van der Waals surface area contributed by atoms with Crippen LogP contribution in [0.3, 0.4) is 0 Å². The number of hydrogen-bond acceptors (Lipinski definition) is 2. The molecule has 2 nitrogen and oxygen atoms in total. The highest BCUT2D eigenvalue weighted by atomic mass is 19.1. The SMILES string of the molecule is CCCNC(CCC(C)(C)OC)c1ccc(F)cc1C. The van der Waals surface area contributed by atoms with Crippen LogP contribution in [0.4, 0.5) is 4.39 Å². The second-order valence-electron chi connectivity index (χ2n) is 6.01. The number of benzene rings is 1. The first-order valence-electron chi connectivity index (χ1n) is 7.44. The van der Waals surface area contributed by atoms with Gasteiger partial charge in [0.1, 0.15) is 5.82 Å². The number of halogens is 1. The van der Waals surface area contributed by atoms with Gasteiger partial charge in [-0.3, -0.25) is 0 Å². The largest absolute Gasteiger partial charge is 0.379 e. The molecule has 0 spiro atoms. The Labute approximate surface area is 122 Å². The van der Waals surface area contributed by atoms with Crippen molar-refractivity contribution in [1.29, 1.82) is 0 Å². The predicted molar refractivity (Wildman–Crippen MR) is 82.5 cm³/mol. The summed E-state index contributed by atoms with van der Waals surface area (Å²) in [5.41, 5.74) is 2.07. The Morgan fingerprint density at radius 1 is 1.35 bits per heavy atom. The number of rotatable bonds is 8. The van der Waals surface area contributed by atoms with Gasteiger partial charge in [-0.1, -0.05) is 13.0 Å². The quantitative estimate of drug-likeness (QED) is 0.763. The van der Waals surface area contributed by atoms with E-state index in [1.807, 2.05) is 13.0 Å². The Kier molecular flexibility index (Phi) is 6.63. The van der Waals surface area contributed by atoms with Crippen molar-refractivity contribution in [2.75, 3.05) is 13.7 Å². The van der Waals surface area contributed by atoms with E-state index in [0.29, 0.717) is 0 Å². The van der Waals surface area contributed by atoms with Crippen LogP contribution >= 0.6 is 0 Å². The molecule has 0 aromatic heterocycles. The van der Waals surface area contributed by atoms with E-state index in [9.17, 15) is 4.39 Å². The molecule has 0 aliphatic heterocycles. The Balaban J connectivity index is 2.82. The molecule has 3 heteroatoms. The fraction of sp³-hybridized carbons (Fsp3) is 0.647. The predicted octanol–water partition coefficient (Wildman–Crippen LogP) is 4.38. The topological polar surface area (TPSA) is 21.3 Å². The molecule has 0 bridgehead atoms. The van der Waals surface area contributed by atoms with Crippen LogP contribution < -0.4 is 5.32 Å². The molecule has 0 amide bonds. The van der Waals surface area contributed by atoms with E-state index >= 15 is 0 Å². The van der Waals surface area contributed by atoms with Gasteiger partial charge in [-0.25, -0.2) is 4.39 Å². The van der Waals surface area contributed by atoms with Crippen molar-refractivity contribution in [2.45, 2.75) is 58.6 Å². The second kappa shape index (κ2) is 7.75. The summed E-state index contributed by atoms with van der Waals surface area (Å²) in [5, 5.41) is 3.56. The summed E-state index contributed by atoms with van der Waals surface area (Å²) in [4.78, 5) is 0. The number of ether oxygens (including phenoxy) is 1. The summed E-state index contributed by atoms with van der Waals surface area (Å²) in [6, 6.07) is 5.31. The van der Waals surface area contributed by atoms with Crippen LogP contribution in [0.2, 0.25) is 0 Å². The van der Waals surface area contributed by atoms with Crippen molar-refractivity contribution in [3.8, 4) is 0 Å². The summed E-state index contributed by atoms with van der Waals surface area (Å²) in [7, 11) is 1.75. The smallest absolute Gasteiger partial charge is 0.123 e. The molecule has 1 unspecified atom stereocenters. The maximum absolute atomic E-state index is 13.3. The molecule has 1 aromatic carbocycles. The summed E-state index contributed by atoms with van der Waals surface area (Å²) in [5.74, 6) is -0.169. The maximum atomic E-state index is 13.3. The summed E-state index contributed by atoms with van der Waals surface area (Å²) in [6.07, 6.45) is 3.03. The highest BCUT2D eigenvalue weighted by molar-refractivity contribution is 5.29. The molecule has 1 rings (SSSR count). The fourth-order valence-electron chi connectivity index (χ4n) is 2.31. The van der Waals surface area contributed by atoms with E-state index in [2.05, 4.69) is 26.1 Å². The molecule has 0 radical (unpaired) electrons. The molecule has 114 valence electrons. The Hall–Kier alpha value is -0.930. The molecule has 0 saturated carbocycles.